The van der Waals surface area contributed by atoms with Gasteiger partial charge in [-0.2, -0.15) is 0 Å². The predicted molar refractivity (Wildman–Crippen MR) is 80.4 cm³/mol. The molecule has 108 valence electrons. The third-order valence-electron chi connectivity index (χ3n) is 3.67. The van der Waals surface area contributed by atoms with Crippen molar-refractivity contribution in [3.63, 3.8) is 0 Å². The van der Waals surface area contributed by atoms with Crippen molar-refractivity contribution in [2.45, 2.75) is 19.3 Å². The van der Waals surface area contributed by atoms with Crippen LogP contribution >= 0.6 is 0 Å². The van der Waals surface area contributed by atoms with Crippen molar-refractivity contribution in [3.8, 4) is 0 Å². The average Bonchev–Trinajstić information content (AvgIpc) is 2.48. The van der Waals surface area contributed by atoms with E-state index in [2.05, 4.69) is 11.0 Å². The summed E-state index contributed by atoms with van der Waals surface area (Å²) in [6.45, 7) is 3.86. The van der Waals surface area contributed by atoms with E-state index in [1.807, 2.05) is 12.1 Å². The van der Waals surface area contributed by atoms with Gasteiger partial charge in [-0.15, -0.1) is 0 Å². The zero-order chi connectivity index (χ0) is 14.4. The van der Waals surface area contributed by atoms with Gasteiger partial charge in [0, 0.05) is 25.2 Å². The van der Waals surface area contributed by atoms with Crippen LogP contribution in [0.4, 0.5) is 5.69 Å². The van der Waals surface area contributed by atoms with Crippen molar-refractivity contribution in [2.24, 2.45) is 5.73 Å². The number of nitro benzene ring substituents is 1. The number of hydrogen-bond donors (Lipinski definition) is 1. The topological polar surface area (TPSA) is 72.4 Å². The Morgan fingerprint density at radius 1 is 1.25 bits per heavy atom. The van der Waals surface area contributed by atoms with E-state index in [4.69, 9.17) is 5.73 Å². The number of nitrogens with two attached hydrogens (primary N) is 1. The first-order valence-corrected chi connectivity index (χ1v) is 7.07. The molecule has 5 nitrogen and oxygen atoms in total. The monoisotopic (exact) mass is 275 g/mol. The van der Waals surface area contributed by atoms with Gasteiger partial charge in [0.25, 0.3) is 5.69 Å². The van der Waals surface area contributed by atoms with Crippen LogP contribution in [0.5, 0.6) is 0 Å². The standard InChI is InChI=1S/C15H21N3O2/c16-9-1-2-10-17-11-7-14(8-12-17)13-3-5-15(6-4-13)18(19)20/h3-7H,1-2,8-12,16H2. The Morgan fingerprint density at radius 2 is 2.00 bits per heavy atom. The Morgan fingerprint density at radius 3 is 2.55 bits per heavy atom. The molecule has 0 fully saturated rings. The predicted octanol–water partition coefficient (Wildman–Crippen LogP) is 2.42. The summed E-state index contributed by atoms with van der Waals surface area (Å²) in [5.41, 5.74) is 8.03. The van der Waals surface area contributed by atoms with Crippen molar-refractivity contribution >= 4 is 11.3 Å². The molecule has 1 aromatic rings. The molecule has 0 atom stereocenters. The van der Waals surface area contributed by atoms with Crippen molar-refractivity contribution in [1.29, 1.82) is 0 Å². The molecule has 2 N–H and O–H groups in total. The second kappa shape index (κ2) is 7.17. The van der Waals surface area contributed by atoms with Gasteiger partial charge < -0.3 is 5.73 Å². The minimum Gasteiger partial charge on any atom is -0.330 e. The van der Waals surface area contributed by atoms with E-state index < -0.39 is 0 Å². The lowest BCUT2D eigenvalue weighted by molar-refractivity contribution is -0.384. The Labute approximate surface area is 119 Å². The van der Waals surface area contributed by atoms with Crippen molar-refractivity contribution in [3.05, 3.63) is 46.0 Å². The minimum atomic E-state index is -0.363. The highest BCUT2D eigenvalue weighted by atomic mass is 16.6. The molecule has 0 aliphatic carbocycles. The van der Waals surface area contributed by atoms with Crippen LogP contribution in [0.1, 0.15) is 24.8 Å². The molecule has 0 saturated heterocycles. The fourth-order valence-corrected chi connectivity index (χ4v) is 2.45. The molecule has 1 heterocycles. The van der Waals surface area contributed by atoms with Crippen molar-refractivity contribution in [2.75, 3.05) is 26.2 Å². The maximum absolute atomic E-state index is 10.6. The van der Waals surface area contributed by atoms with Gasteiger partial charge in [-0.1, -0.05) is 6.08 Å². The normalized spacial score (nSPS) is 15.9. The van der Waals surface area contributed by atoms with Crippen molar-refractivity contribution in [1.82, 2.24) is 4.90 Å². The SMILES string of the molecule is NCCCCN1CC=C(c2ccc([N+](=O)[O-])cc2)CC1. The van der Waals surface area contributed by atoms with Gasteiger partial charge in [-0.3, -0.25) is 15.0 Å². The van der Waals surface area contributed by atoms with Gasteiger partial charge in [-0.05, 0) is 55.6 Å². The number of benzene rings is 1. The molecule has 0 amide bonds. The van der Waals surface area contributed by atoms with Crippen LogP contribution in [-0.4, -0.2) is 36.0 Å². The Balaban J connectivity index is 1.92. The van der Waals surface area contributed by atoms with Gasteiger partial charge in [0.1, 0.15) is 0 Å². The van der Waals surface area contributed by atoms with Crippen LogP contribution in [0.3, 0.4) is 0 Å². The summed E-state index contributed by atoms with van der Waals surface area (Å²) >= 11 is 0. The molecule has 5 heteroatoms. The number of rotatable bonds is 6. The fraction of sp³-hybridized carbons (Fsp3) is 0.467. The van der Waals surface area contributed by atoms with E-state index in [1.165, 1.54) is 5.57 Å². The first-order valence-electron chi connectivity index (χ1n) is 7.07. The number of nitrogens with zero attached hydrogens (tertiary/aromatic N) is 2. The maximum atomic E-state index is 10.6. The molecule has 0 radical (unpaired) electrons. The quantitative estimate of drug-likeness (QED) is 0.491. The summed E-state index contributed by atoms with van der Waals surface area (Å²) < 4.78 is 0. The molecular formula is C15H21N3O2. The molecule has 2 rings (SSSR count). The highest BCUT2D eigenvalue weighted by molar-refractivity contribution is 5.67. The van der Waals surface area contributed by atoms with E-state index in [0.717, 1.165) is 51.0 Å². The number of non-ortho nitro benzene ring substituents is 1. The van der Waals surface area contributed by atoms with Gasteiger partial charge in [0.2, 0.25) is 0 Å². The highest BCUT2D eigenvalue weighted by Crippen LogP contribution is 2.24. The lowest BCUT2D eigenvalue weighted by atomic mass is 9.99. The zero-order valence-electron chi connectivity index (χ0n) is 11.6. The molecule has 1 aromatic carbocycles. The van der Waals surface area contributed by atoms with Crippen LogP contribution in [0.2, 0.25) is 0 Å². The number of hydrogen-bond acceptors (Lipinski definition) is 4. The van der Waals surface area contributed by atoms with E-state index in [-0.39, 0.29) is 10.6 Å². The van der Waals surface area contributed by atoms with Gasteiger partial charge in [-0.25, -0.2) is 0 Å². The smallest absolute Gasteiger partial charge is 0.269 e. The van der Waals surface area contributed by atoms with Crippen LogP contribution in [-0.2, 0) is 0 Å². The van der Waals surface area contributed by atoms with E-state index in [0.29, 0.717) is 0 Å². The maximum Gasteiger partial charge on any atom is 0.269 e. The summed E-state index contributed by atoms with van der Waals surface area (Å²) in [5.74, 6) is 0. The highest BCUT2D eigenvalue weighted by Gasteiger charge is 2.13. The third kappa shape index (κ3) is 3.88. The molecule has 0 spiro atoms. The summed E-state index contributed by atoms with van der Waals surface area (Å²) in [6, 6.07) is 6.83. The fourth-order valence-electron chi connectivity index (χ4n) is 2.45. The molecule has 0 bridgehead atoms. The molecule has 1 aliphatic rings. The van der Waals surface area contributed by atoms with Crippen LogP contribution in [0, 0.1) is 10.1 Å². The second-order valence-electron chi connectivity index (χ2n) is 5.08. The van der Waals surface area contributed by atoms with E-state index >= 15 is 0 Å². The van der Waals surface area contributed by atoms with Gasteiger partial charge >= 0.3 is 0 Å². The Bertz CT molecular complexity index is 482. The molecule has 0 aromatic heterocycles. The average molecular weight is 275 g/mol. The summed E-state index contributed by atoms with van der Waals surface area (Å²) in [4.78, 5) is 12.7. The summed E-state index contributed by atoms with van der Waals surface area (Å²) in [6.07, 6.45) is 5.46. The van der Waals surface area contributed by atoms with Crippen LogP contribution in [0.25, 0.3) is 5.57 Å². The number of unbranched alkanes of at least 4 members (excludes halogenated alkanes) is 1. The first-order chi connectivity index (χ1) is 9.70. The van der Waals surface area contributed by atoms with Gasteiger partial charge in [0.05, 0.1) is 4.92 Å². The van der Waals surface area contributed by atoms with Gasteiger partial charge in [0.15, 0.2) is 0 Å². The minimum absolute atomic E-state index is 0.147. The van der Waals surface area contributed by atoms with Crippen LogP contribution < -0.4 is 5.73 Å². The lowest BCUT2D eigenvalue weighted by Gasteiger charge is -2.26. The van der Waals surface area contributed by atoms with Crippen LogP contribution in [0.15, 0.2) is 30.3 Å². The lowest BCUT2D eigenvalue weighted by Crippen LogP contribution is -2.29. The van der Waals surface area contributed by atoms with E-state index in [9.17, 15) is 10.1 Å². The Kier molecular flexibility index (Phi) is 5.26. The molecule has 20 heavy (non-hydrogen) atoms. The largest absolute Gasteiger partial charge is 0.330 e. The Hall–Kier alpha value is -1.72. The number of nitro groups is 1. The molecule has 0 saturated carbocycles. The molecule has 0 unspecified atom stereocenters. The second-order valence-corrected chi connectivity index (χ2v) is 5.08. The van der Waals surface area contributed by atoms with Crippen molar-refractivity contribution < 1.29 is 4.92 Å². The molecule has 1 aliphatic heterocycles. The van der Waals surface area contributed by atoms with E-state index in [1.54, 1.807) is 12.1 Å². The molecular weight excluding hydrogens is 254 g/mol. The zero-order valence-corrected chi connectivity index (χ0v) is 11.6. The summed E-state index contributed by atoms with van der Waals surface area (Å²) in [5, 5.41) is 10.6. The third-order valence-corrected chi connectivity index (χ3v) is 3.67. The first kappa shape index (κ1) is 14.7. The summed E-state index contributed by atoms with van der Waals surface area (Å²) in [7, 11) is 0.